The summed E-state index contributed by atoms with van der Waals surface area (Å²) < 4.78 is 3.69. The molecule has 0 N–H and O–H groups in total. The van der Waals surface area contributed by atoms with Gasteiger partial charge in [-0.15, -0.1) is 0 Å². The maximum Gasteiger partial charge on any atom is 0.271 e. The Labute approximate surface area is 135 Å². The molecule has 0 spiro atoms. The molecule has 3 rings (SSSR count). The Morgan fingerprint density at radius 3 is 2.64 bits per heavy atom. The normalized spacial score (nSPS) is 18.2. The van der Waals surface area contributed by atoms with Gasteiger partial charge in [0.15, 0.2) is 0 Å². The van der Waals surface area contributed by atoms with Crippen molar-refractivity contribution in [3.8, 4) is 0 Å². The van der Waals surface area contributed by atoms with Crippen LogP contribution in [-0.4, -0.2) is 31.7 Å². The highest BCUT2D eigenvalue weighted by molar-refractivity contribution is 6.31. The quantitative estimate of drug-likeness (QED) is 0.853. The van der Waals surface area contributed by atoms with Crippen LogP contribution in [0.5, 0.6) is 0 Å². The van der Waals surface area contributed by atoms with Crippen molar-refractivity contribution in [3.63, 3.8) is 0 Å². The molecule has 5 nitrogen and oxygen atoms in total. The monoisotopic (exact) mass is 320 g/mol. The minimum Gasteiger partial charge on any atom is -0.345 e. The number of aryl methyl sites for hydroxylation is 3. The van der Waals surface area contributed by atoms with Gasteiger partial charge in [0, 0.05) is 38.1 Å². The lowest BCUT2D eigenvalue weighted by atomic mass is 10.0. The number of carbonyl (C=O) groups excluding carboxylic acids is 1. The number of amides is 1. The molecule has 1 unspecified atom stereocenters. The van der Waals surface area contributed by atoms with Crippen molar-refractivity contribution in [2.24, 2.45) is 14.1 Å². The lowest BCUT2D eigenvalue weighted by molar-refractivity contribution is 0.0725. The van der Waals surface area contributed by atoms with Gasteiger partial charge in [0.05, 0.1) is 16.8 Å². The van der Waals surface area contributed by atoms with E-state index in [9.17, 15) is 4.79 Å². The second-order valence-corrected chi connectivity index (χ2v) is 6.46. The molecule has 1 aliphatic rings. The van der Waals surface area contributed by atoms with E-state index in [0.717, 1.165) is 30.8 Å². The first-order valence-corrected chi connectivity index (χ1v) is 7.91. The first kappa shape index (κ1) is 15.2. The Balaban J connectivity index is 1.97. The van der Waals surface area contributed by atoms with Gasteiger partial charge in [-0.25, -0.2) is 0 Å². The average molecular weight is 321 g/mol. The zero-order valence-corrected chi connectivity index (χ0v) is 14.2. The van der Waals surface area contributed by atoms with Crippen molar-refractivity contribution in [3.05, 3.63) is 39.9 Å². The van der Waals surface area contributed by atoms with Gasteiger partial charge >= 0.3 is 0 Å². The predicted octanol–water partition coefficient (Wildman–Crippen LogP) is 3.01. The number of aromatic nitrogens is 3. The fraction of sp³-hybridized carbons (Fsp3) is 0.500. The van der Waals surface area contributed by atoms with Crippen molar-refractivity contribution in [1.29, 1.82) is 0 Å². The highest BCUT2D eigenvalue weighted by Crippen LogP contribution is 2.36. The number of nitrogens with zero attached hydrogens (tertiary/aromatic N) is 4. The molecule has 1 amide bonds. The molecule has 0 bridgehead atoms. The molecule has 1 aliphatic heterocycles. The average Bonchev–Trinajstić information content (AvgIpc) is 3.10. The maximum absolute atomic E-state index is 12.9. The fourth-order valence-electron chi connectivity index (χ4n) is 3.47. The molecular weight excluding hydrogens is 300 g/mol. The summed E-state index contributed by atoms with van der Waals surface area (Å²) in [7, 11) is 3.80. The van der Waals surface area contributed by atoms with Crippen molar-refractivity contribution >= 4 is 17.5 Å². The first-order chi connectivity index (χ1) is 10.4. The van der Waals surface area contributed by atoms with Gasteiger partial charge in [0.1, 0.15) is 5.69 Å². The van der Waals surface area contributed by atoms with Crippen molar-refractivity contribution in [2.75, 3.05) is 6.54 Å². The fourth-order valence-corrected chi connectivity index (χ4v) is 3.72. The summed E-state index contributed by atoms with van der Waals surface area (Å²) in [5.74, 6) is 0.0413. The lowest BCUT2D eigenvalue weighted by Crippen LogP contribution is -2.32. The molecule has 0 aromatic carbocycles. The minimum atomic E-state index is 0.0413. The smallest absolute Gasteiger partial charge is 0.271 e. The first-order valence-electron chi connectivity index (χ1n) is 7.53. The van der Waals surface area contributed by atoms with Crippen molar-refractivity contribution < 1.29 is 4.79 Å². The van der Waals surface area contributed by atoms with E-state index >= 15 is 0 Å². The molecule has 22 heavy (non-hydrogen) atoms. The lowest BCUT2D eigenvalue weighted by Gasteiger charge is -2.25. The predicted molar refractivity (Wildman–Crippen MR) is 86.1 cm³/mol. The SMILES string of the molecule is Cc1nn(C)c(C)c1C1CCCN1C(=O)c1cc(Cl)cn1C. The topological polar surface area (TPSA) is 43.1 Å². The molecule has 0 radical (unpaired) electrons. The molecule has 1 atom stereocenters. The molecule has 6 heteroatoms. The number of hydrogen-bond acceptors (Lipinski definition) is 2. The third-order valence-electron chi connectivity index (χ3n) is 4.60. The van der Waals surface area contributed by atoms with Crippen LogP contribution in [0.15, 0.2) is 12.3 Å². The highest BCUT2D eigenvalue weighted by atomic mass is 35.5. The summed E-state index contributed by atoms with van der Waals surface area (Å²) >= 11 is 6.02. The van der Waals surface area contributed by atoms with E-state index < -0.39 is 0 Å². The molecular formula is C16H21ClN4O. The van der Waals surface area contributed by atoms with Gasteiger partial charge in [0.2, 0.25) is 0 Å². The van der Waals surface area contributed by atoms with Crippen molar-refractivity contribution in [2.45, 2.75) is 32.7 Å². The third kappa shape index (κ3) is 2.33. The molecule has 0 aliphatic carbocycles. The van der Waals surface area contributed by atoms with Gasteiger partial charge in [-0.3, -0.25) is 9.48 Å². The van der Waals surface area contributed by atoms with Crippen LogP contribution in [0.2, 0.25) is 5.02 Å². The highest BCUT2D eigenvalue weighted by Gasteiger charge is 2.34. The summed E-state index contributed by atoms with van der Waals surface area (Å²) in [5, 5.41) is 5.09. The number of likely N-dealkylation sites (tertiary alicyclic amines) is 1. The standard InChI is InChI=1S/C16H21ClN4O/c1-10-15(11(2)20(4)18-10)13-6-5-7-21(13)16(22)14-8-12(17)9-19(14)3/h8-9,13H,5-7H2,1-4H3. The molecule has 1 fully saturated rings. The molecule has 0 saturated carbocycles. The van der Waals surface area contributed by atoms with Gasteiger partial charge in [-0.1, -0.05) is 11.6 Å². The zero-order valence-electron chi connectivity index (χ0n) is 13.4. The molecule has 1 saturated heterocycles. The Kier molecular flexibility index (Phi) is 3.77. The number of hydrogen-bond donors (Lipinski definition) is 0. The zero-order chi connectivity index (χ0) is 16.0. The number of rotatable bonds is 2. The Hall–Kier alpha value is -1.75. The summed E-state index contributed by atoms with van der Waals surface area (Å²) in [6.07, 6.45) is 3.76. The van der Waals surface area contributed by atoms with Crippen molar-refractivity contribution in [1.82, 2.24) is 19.2 Å². The van der Waals surface area contributed by atoms with E-state index in [-0.39, 0.29) is 11.9 Å². The summed E-state index contributed by atoms with van der Waals surface area (Å²) in [6, 6.07) is 1.84. The minimum absolute atomic E-state index is 0.0413. The largest absolute Gasteiger partial charge is 0.345 e. The molecule has 118 valence electrons. The second kappa shape index (κ2) is 5.47. The van der Waals surface area contributed by atoms with Gasteiger partial charge < -0.3 is 9.47 Å². The summed E-state index contributed by atoms with van der Waals surface area (Å²) in [4.78, 5) is 14.9. The van der Waals surface area contributed by atoms with E-state index in [1.165, 1.54) is 5.56 Å². The van der Waals surface area contributed by atoms with Crippen LogP contribution >= 0.6 is 11.6 Å². The van der Waals surface area contributed by atoms with E-state index in [4.69, 9.17) is 11.6 Å². The number of carbonyl (C=O) groups is 1. The van der Waals surface area contributed by atoms with E-state index in [1.807, 2.05) is 30.6 Å². The Bertz CT molecular complexity index is 731. The van der Waals surface area contributed by atoms with E-state index in [1.54, 1.807) is 16.8 Å². The van der Waals surface area contributed by atoms with Crippen LogP contribution in [-0.2, 0) is 14.1 Å². The summed E-state index contributed by atoms with van der Waals surface area (Å²) in [6.45, 7) is 4.86. The van der Waals surface area contributed by atoms with Crippen LogP contribution in [0.3, 0.4) is 0 Å². The summed E-state index contributed by atoms with van der Waals surface area (Å²) in [5.41, 5.74) is 3.96. The van der Waals surface area contributed by atoms with Gasteiger partial charge in [-0.2, -0.15) is 5.10 Å². The molecule has 2 aromatic heterocycles. The van der Waals surface area contributed by atoms with Crippen LogP contribution in [0.25, 0.3) is 0 Å². The Morgan fingerprint density at radius 2 is 2.09 bits per heavy atom. The maximum atomic E-state index is 12.9. The van der Waals surface area contributed by atoms with Crippen LogP contribution in [0, 0.1) is 13.8 Å². The van der Waals surface area contributed by atoms with Gasteiger partial charge in [-0.05, 0) is 32.8 Å². The van der Waals surface area contributed by atoms with Crippen LogP contribution in [0.1, 0.15) is 46.3 Å². The van der Waals surface area contributed by atoms with E-state index in [0.29, 0.717) is 10.7 Å². The second-order valence-electron chi connectivity index (χ2n) is 6.02. The molecule has 2 aromatic rings. The Morgan fingerprint density at radius 1 is 1.36 bits per heavy atom. The molecule has 3 heterocycles. The van der Waals surface area contributed by atoms with E-state index in [2.05, 4.69) is 12.0 Å². The van der Waals surface area contributed by atoms with Crippen LogP contribution in [0.4, 0.5) is 0 Å². The third-order valence-corrected chi connectivity index (χ3v) is 4.81. The van der Waals surface area contributed by atoms with Gasteiger partial charge in [0.25, 0.3) is 5.91 Å². The number of halogens is 1. The van der Waals surface area contributed by atoms with Crippen LogP contribution < -0.4 is 0 Å².